The fraction of sp³-hybridized carbons (Fsp3) is 0.333. The third-order valence-corrected chi connectivity index (χ3v) is 5.94. The molecule has 1 aliphatic heterocycles. The second kappa shape index (κ2) is 6.83. The maximum absolute atomic E-state index is 12.9. The summed E-state index contributed by atoms with van der Waals surface area (Å²) >= 11 is 0. The number of sulfonamides is 1. The average Bonchev–Trinajstić information content (AvgIpc) is 2.58. The van der Waals surface area contributed by atoms with Gasteiger partial charge in [0.15, 0.2) is 0 Å². The highest BCUT2D eigenvalue weighted by atomic mass is 32.2. The summed E-state index contributed by atoms with van der Waals surface area (Å²) in [7, 11) is -3.39. The first-order chi connectivity index (χ1) is 11.1. The van der Waals surface area contributed by atoms with Gasteiger partial charge in [0, 0.05) is 6.54 Å². The molecule has 0 spiro atoms. The molecule has 0 N–H and O–H groups in total. The molecule has 23 heavy (non-hydrogen) atoms. The molecular weight excluding hydrogens is 310 g/mol. The van der Waals surface area contributed by atoms with Crippen molar-refractivity contribution in [3.05, 3.63) is 71.3 Å². The molecule has 1 unspecified atom stereocenters. The van der Waals surface area contributed by atoms with Crippen molar-refractivity contribution in [2.45, 2.75) is 18.7 Å². The van der Waals surface area contributed by atoms with E-state index in [1.807, 2.05) is 61.5 Å². The van der Waals surface area contributed by atoms with E-state index in [-0.39, 0.29) is 11.8 Å². The van der Waals surface area contributed by atoms with Gasteiger partial charge in [0.2, 0.25) is 10.0 Å². The highest BCUT2D eigenvalue weighted by Crippen LogP contribution is 2.28. The quantitative estimate of drug-likeness (QED) is 0.865. The molecule has 122 valence electrons. The topological polar surface area (TPSA) is 46.6 Å². The van der Waals surface area contributed by atoms with E-state index in [1.54, 1.807) is 4.31 Å². The first kappa shape index (κ1) is 16.2. The van der Waals surface area contributed by atoms with Crippen LogP contribution in [0.1, 0.15) is 22.7 Å². The van der Waals surface area contributed by atoms with Gasteiger partial charge in [-0.3, -0.25) is 0 Å². The van der Waals surface area contributed by atoms with Crippen LogP contribution in [0.15, 0.2) is 54.6 Å². The normalized spacial score (nSPS) is 19.6. The lowest BCUT2D eigenvalue weighted by molar-refractivity contribution is 0.0320. The van der Waals surface area contributed by atoms with Crippen molar-refractivity contribution < 1.29 is 13.2 Å². The molecule has 3 rings (SSSR count). The minimum Gasteiger partial charge on any atom is -0.378 e. The molecule has 0 aromatic heterocycles. The lowest BCUT2D eigenvalue weighted by Gasteiger charge is -2.35. The van der Waals surface area contributed by atoms with Crippen LogP contribution in [0.5, 0.6) is 0 Å². The van der Waals surface area contributed by atoms with E-state index < -0.39 is 10.0 Å². The molecule has 1 aliphatic rings. The second-order valence-electron chi connectivity index (χ2n) is 5.85. The van der Waals surface area contributed by atoms with Crippen LogP contribution < -0.4 is 0 Å². The van der Waals surface area contributed by atoms with Crippen LogP contribution in [-0.2, 0) is 20.5 Å². The lowest BCUT2D eigenvalue weighted by atomic mass is 10.1. The Hall–Kier alpha value is -1.69. The van der Waals surface area contributed by atoms with Crippen molar-refractivity contribution in [1.29, 1.82) is 0 Å². The molecule has 1 saturated heterocycles. The summed E-state index contributed by atoms with van der Waals surface area (Å²) in [5, 5.41) is 0. The van der Waals surface area contributed by atoms with Crippen molar-refractivity contribution in [3.8, 4) is 0 Å². The zero-order valence-corrected chi connectivity index (χ0v) is 14.0. The number of hydrogen-bond donors (Lipinski definition) is 0. The summed E-state index contributed by atoms with van der Waals surface area (Å²) in [6, 6.07) is 17.1. The Labute approximate surface area is 137 Å². The molecule has 1 fully saturated rings. The summed E-state index contributed by atoms with van der Waals surface area (Å²) in [6.45, 7) is 3.23. The summed E-state index contributed by atoms with van der Waals surface area (Å²) in [5.74, 6) is 0.0244. The third kappa shape index (κ3) is 3.80. The average molecular weight is 331 g/mol. The van der Waals surface area contributed by atoms with Crippen LogP contribution in [0.3, 0.4) is 0 Å². The number of nitrogens with zero attached hydrogens (tertiary/aromatic N) is 1. The Balaban J connectivity index is 1.85. The predicted octanol–water partition coefficient (Wildman–Crippen LogP) is 2.90. The largest absolute Gasteiger partial charge is 0.378 e. The fourth-order valence-corrected chi connectivity index (χ4v) is 4.54. The van der Waals surface area contributed by atoms with Crippen LogP contribution in [-0.4, -0.2) is 32.5 Å². The van der Waals surface area contributed by atoms with E-state index in [4.69, 9.17) is 4.74 Å². The van der Waals surface area contributed by atoms with Gasteiger partial charge in [0.1, 0.15) is 0 Å². The van der Waals surface area contributed by atoms with E-state index >= 15 is 0 Å². The summed E-state index contributed by atoms with van der Waals surface area (Å²) in [6.07, 6.45) is 0. The highest BCUT2D eigenvalue weighted by Gasteiger charge is 2.33. The number of morpholine rings is 1. The monoisotopic (exact) mass is 331 g/mol. The molecule has 1 atom stereocenters. The van der Waals surface area contributed by atoms with Crippen LogP contribution in [0, 0.1) is 6.92 Å². The molecule has 0 aliphatic carbocycles. The zero-order valence-electron chi connectivity index (χ0n) is 13.2. The smallest absolute Gasteiger partial charge is 0.219 e. The minimum absolute atomic E-state index is 0.0244. The molecule has 0 amide bonds. The van der Waals surface area contributed by atoms with Crippen molar-refractivity contribution in [3.63, 3.8) is 0 Å². The molecular formula is C18H21NO3S. The Morgan fingerprint density at radius 3 is 2.48 bits per heavy atom. The Morgan fingerprint density at radius 1 is 1.09 bits per heavy atom. The van der Waals surface area contributed by atoms with Gasteiger partial charge < -0.3 is 4.74 Å². The van der Waals surface area contributed by atoms with E-state index in [0.717, 1.165) is 16.7 Å². The Bertz CT molecular complexity index is 742. The van der Waals surface area contributed by atoms with Crippen LogP contribution >= 0.6 is 0 Å². The van der Waals surface area contributed by atoms with Crippen molar-refractivity contribution in [1.82, 2.24) is 4.31 Å². The maximum Gasteiger partial charge on any atom is 0.219 e. The Morgan fingerprint density at radius 2 is 1.78 bits per heavy atom. The SMILES string of the molecule is Cc1ccc(CS(=O)(=O)N2CCOCC2c2ccccc2)cc1. The van der Waals surface area contributed by atoms with Crippen molar-refractivity contribution in [2.24, 2.45) is 0 Å². The van der Waals surface area contributed by atoms with Gasteiger partial charge >= 0.3 is 0 Å². The minimum atomic E-state index is -3.39. The third-order valence-electron chi connectivity index (χ3n) is 4.09. The van der Waals surface area contributed by atoms with Gasteiger partial charge in [-0.15, -0.1) is 0 Å². The number of benzene rings is 2. The number of aryl methyl sites for hydroxylation is 1. The van der Waals surface area contributed by atoms with E-state index in [9.17, 15) is 8.42 Å². The van der Waals surface area contributed by atoms with Crippen LogP contribution in [0.4, 0.5) is 0 Å². The van der Waals surface area contributed by atoms with Crippen LogP contribution in [0.2, 0.25) is 0 Å². The standard InChI is InChI=1S/C18H21NO3S/c1-15-7-9-16(10-8-15)14-23(20,21)19-11-12-22-13-18(19)17-5-3-2-4-6-17/h2-10,18H,11-14H2,1H3. The van der Waals surface area contributed by atoms with E-state index in [1.165, 1.54) is 0 Å². The lowest BCUT2D eigenvalue weighted by Crippen LogP contribution is -2.43. The predicted molar refractivity (Wildman–Crippen MR) is 90.5 cm³/mol. The first-order valence-corrected chi connectivity index (χ1v) is 9.35. The fourth-order valence-electron chi connectivity index (χ4n) is 2.84. The second-order valence-corrected chi connectivity index (χ2v) is 7.78. The molecule has 0 radical (unpaired) electrons. The summed E-state index contributed by atoms with van der Waals surface area (Å²) in [5.41, 5.74) is 2.91. The number of ether oxygens (including phenoxy) is 1. The summed E-state index contributed by atoms with van der Waals surface area (Å²) in [4.78, 5) is 0. The molecule has 1 heterocycles. The zero-order chi connectivity index (χ0) is 16.3. The van der Waals surface area contributed by atoms with Gasteiger partial charge in [-0.25, -0.2) is 8.42 Å². The summed E-state index contributed by atoms with van der Waals surface area (Å²) < 4.78 is 32.9. The van der Waals surface area contributed by atoms with Gasteiger partial charge in [-0.2, -0.15) is 4.31 Å². The highest BCUT2D eigenvalue weighted by molar-refractivity contribution is 7.88. The Kier molecular flexibility index (Phi) is 4.80. The van der Waals surface area contributed by atoms with Gasteiger partial charge in [-0.1, -0.05) is 60.2 Å². The van der Waals surface area contributed by atoms with Crippen molar-refractivity contribution in [2.75, 3.05) is 19.8 Å². The van der Waals surface area contributed by atoms with E-state index in [2.05, 4.69) is 0 Å². The molecule has 4 nitrogen and oxygen atoms in total. The van der Waals surface area contributed by atoms with Crippen LogP contribution in [0.25, 0.3) is 0 Å². The maximum atomic E-state index is 12.9. The molecule has 5 heteroatoms. The van der Waals surface area contributed by atoms with E-state index in [0.29, 0.717) is 19.8 Å². The number of rotatable bonds is 4. The van der Waals surface area contributed by atoms with Gasteiger partial charge in [-0.05, 0) is 18.1 Å². The number of hydrogen-bond acceptors (Lipinski definition) is 3. The first-order valence-electron chi connectivity index (χ1n) is 7.74. The molecule has 2 aromatic carbocycles. The van der Waals surface area contributed by atoms with Crippen molar-refractivity contribution >= 4 is 10.0 Å². The molecule has 0 bridgehead atoms. The van der Waals surface area contributed by atoms with Gasteiger partial charge in [0.25, 0.3) is 0 Å². The molecule has 2 aromatic rings. The van der Waals surface area contributed by atoms with Gasteiger partial charge in [0.05, 0.1) is 25.0 Å². The molecule has 0 saturated carbocycles.